The predicted octanol–water partition coefficient (Wildman–Crippen LogP) is 3.43. The highest BCUT2D eigenvalue weighted by Crippen LogP contribution is 2.42. The molecule has 2 aromatic carbocycles. The summed E-state index contributed by atoms with van der Waals surface area (Å²) in [4.78, 5) is 66.9. The number of nitrogens with zero attached hydrogens (tertiary/aromatic N) is 3. The summed E-state index contributed by atoms with van der Waals surface area (Å²) in [6.45, 7) is 0.734. The number of rotatable bonds is 8. The van der Waals surface area contributed by atoms with Crippen molar-refractivity contribution in [2.45, 2.75) is 50.1 Å². The van der Waals surface area contributed by atoms with E-state index in [9.17, 15) is 19.2 Å². The third-order valence-electron chi connectivity index (χ3n) is 9.53. The molecule has 256 valence electrons. The maximum atomic E-state index is 12.9. The molecular formula is C34H38N8O7. The third-order valence-corrected chi connectivity index (χ3v) is 9.53. The highest BCUT2D eigenvalue weighted by atomic mass is 16.5. The van der Waals surface area contributed by atoms with Gasteiger partial charge in [-0.3, -0.25) is 9.59 Å². The van der Waals surface area contributed by atoms with E-state index in [2.05, 4.69) is 35.4 Å². The highest BCUT2D eigenvalue weighted by molar-refractivity contribution is 5.86. The number of imidazole rings is 2. The molecule has 7 rings (SSSR count). The lowest BCUT2D eigenvalue weighted by molar-refractivity contribution is -0.131. The van der Waals surface area contributed by atoms with Gasteiger partial charge in [-0.05, 0) is 67.5 Å². The van der Waals surface area contributed by atoms with Crippen LogP contribution in [-0.4, -0.2) is 89.3 Å². The lowest BCUT2D eigenvalue weighted by Gasteiger charge is -2.40. The Morgan fingerprint density at radius 2 is 1.71 bits per heavy atom. The van der Waals surface area contributed by atoms with Crippen LogP contribution in [0.3, 0.4) is 0 Å². The van der Waals surface area contributed by atoms with Crippen LogP contribution < -0.4 is 20.7 Å². The van der Waals surface area contributed by atoms with Crippen molar-refractivity contribution in [1.29, 1.82) is 0 Å². The summed E-state index contributed by atoms with van der Waals surface area (Å²) in [5.74, 6) is 1.64. The number of hydrogen-bond donors (Lipinski definition) is 5. The van der Waals surface area contributed by atoms with Crippen molar-refractivity contribution in [3.05, 3.63) is 53.7 Å². The molecule has 0 radical (unpaired) electrons. The molecule has 1 saturated carbocycles. The zero-order chi connectivity index (χ0) is 34.1. The fourth-order valence-corrected chi connectivity index (χ4v) is 6.85. The van der Waals surface area contributed by atoms with Gasteiger partial charge in [0.05, 0.1) is 49.1 Å². The highest BCUT2D eigenvalue weighted by Gasteiger charge is 2.43. The molecule has 2 fully saturated rings. The van der Waals surface area contributed by atoms with Gasteiger partial charge in [-0.25, -0.2) is 19.6 Å². The van der Waals surface area contributed by atoms with E-state index in [0.29, 0.717) is 25.4 Å². The molecule has 49 heavy (non-hydrogen) atoms. The van der Waals surface area contributed by atoms with Crippen molar-refractivity contribution in [3.8, 4) is 28.1 Å². The summed E-state index contributed by atoms with van der Waals surface area (Å²) in [6.07, 6.45) is 3.38. The SMILES string of the molecule is COC(=O)NCC(=O)NC1(c2nc3ccc(-c4ccc5c(c4)OCCc4[nH]c([C@@H]6CCCN6C(=O)CNC(=O)OC)nc4-5)cc3[nH]2)CCC1. The maximum Gasteiger partial charge on any atom is 0.407 e. The van der Waals surface area contributed by atoms with E-state index in [0.717, 1.165) is 82.8 Å². The van der Waals surface area contributed by atoms with Gasteiger partial charge in [0.15, 0.2) is 0 Å². The van der Waals surface area contributed by atoms with Gasteiger partial charge < -0.3 is 45.0 Å². The molecule has 3 aliphatic rings. The van der Waals surface area contributed by atoms with Crippen LogP contribution in [0, 0.1) is 0 Å². The zero-order valence-corrected chi connectivity index (χ0v) is 27.3. The first-order chi connectivity index (χ1) is 23.8. The van der Waals surface area contributed by atoms with Crippen molar-refractivity contribution in [2.75, 3.05) is 40.5 Å². The summed E-state index contributed by atoms with van der Waals surface area (Å²) in [7, 11) is 2.51. The summed E-state index contributed by atoms with van der Waals surface area (Å²) < 4.78 is 15.4. The van der Waals surface area contributed by atoms with Crippen molar-refractivity contribution in [3.63, 3.8) is 0 Å². The lowest BCUT2D eigenvalue weighted by Crippen LogP contribution is -2.53. The molecule has 0 unspecified atom stereocenters. The number of likely N-dealkylation sites (tertiary alicyclic amines) is 1. The molecule has 1 saturated heterocycles. The molecule has 15 nitrogen and oxygen atoms in total. The number of aromatic amines is 2. The first-order valence-corrected chi connectivity index (χ1v) is 16.4. The van der Waals surface area contributed by atoms with E-state index >= 15 is 0 Å². The van der Waals surface area contributed by atoms with E-state index in [1.807, 2.05) is 36.4 Å². The summed E-state index contributed by atoms with van der Waals surface area (Å²) in [5, 5.41) is 7.94. The zero-order valence-electron chi connectivity index (χ0n) is 27.3. The number of benzene rings is 2. The Balaban J connectivity index is 1.10. The Labute approximate surface area is 281 Å². The number of carbonyl (C=O) groups excluding carboxylic acids is 4. The molecule has 4 aromatic rings. The fourth-order valence-electron chi connectivity index (χ4n) is 6.85. The molecule has 1 aliphatic carbocycles. The van der Waals surface area contributed by atoms with Crippen molar-refractivity contribution >= 4 is 35.0 Å². The van der Waals surface area contributed by atoms with Crippen molar-refractivity contribution in [1.82, 2.24) is 40.8 Å². The number of alkyl carbamates (subject to hydrolysis) is 2. The van der Waals surface area contributed by atoms with Crippen molar-refractivity contribution < 1.29 is 33.4 Å². The Bertz CT molecular complexity index is 1930. The van der Waals surface area contributed by atoms with Crippen LogP contribution in [0.4, 0.5) is 9.59 Å². The first kappa shape index (κ1) is 32.0. The van der Waals surface area contributed by atoms with E-state index in [4.69, 9.17) is 14.7 Å². The monoisotopic (exact) mass is 670 g/mol. The second-order valence-electron chi connectivity index (χ2n) is 12.5. The van der Waals surface area contributed by atoms with Gasteiger partial charge >= 0.3 is 12.2 Å². The number of hydrogen-bond acceptors (Lipinski definition) is 9. The molecule has 4 amide bonds. The lowest BCUT2D eigenvalue weighted by atomic mass is 9.76. The van der Waals surface area contributed by atoms with E-state index in [1.54, 1.807) is 4.90 Å². The number of ether oxygens (including phenoxy) is 3. The van der Waals surface area contributed by atoms with Crippen LogP contribution in [0.5, 0.6) is 5.75 Å². The van der Waals surface area contributed by atoms with Crippen LogP contribution in [0.25, 0.3) is 33.4 Å². The van der Waals surface area contributed by atoms with E-state index < -0.39 is 17.7 Å². The molecule has 0 spiro atoms. The quantitative estimate of drug-likeness (QED) is 0.187. The second-order valence-corrected chi connectivity index (χ2v) is 12.5. The molecule has 1 atom stereocenters. The number of amides is 4. The number of methoxy groups -OCH3 is 2. The fraction of sp³-hybridized carbons (Fsp3) is 0.412. The minimum atomic E-state index is -0.664. The summed E-state index contributed by atoms with van der Waals surface area (Å²) in [6, 6.07) is 11.9. The summed E-state index contributed by atoms with van der Waals surface area (Å²) in [5.41, 5.74) is 5.58. The molecular weight excluding hydrogens is 632 g/mol. The maximum absolute atomic E-state index is 12.9. The third kappa shape index (κ3) is 6.23. The van der Waals surface area contributed by atoms with E-state index in [-0.39, 0.29) is 30.9 Å². The second kappa shape index (κ2) is 13.1. The number of nitrogens with one attached hydrogen (secondary N) is 5. The predicted molar refractivity (Wildman–Crippen MR) is 176 cm³/mol. The molecule has 5 N–H and O–H groups in total. The standard InChI is InChI=1S/C34H38N8O7/c1-47-32(45)35-17-27(43)41-34(11-4-12-34)31-38-22-9-7-19(15-24(22)39-31)20-6-8-21-26(16-20)49-14-10-23-29(21)40-30(37-23)25-5-3-13-42(25)28(44)18-36-33(46)48-2/h6-9,15-16,25H,3-5,10-14,17-18H2,1-2H3,(H,35,45)(H,36,46)(H,37,40)(H,38,39)(H,41,43)/t25-/m0/s1. The van der Waals surface area contributed by atoms with Crippen LogP contribution in [0.15, 0.2) is 36.4 Å². The Hall–Kier alpha value is -5.60. The molecule has 4 heterocycles. The van der Waals surface area contributed by atoms with Gasteiger partial charge in [-0.2, -0.15) is 0 Å². The molecule has 0 bridgehead atoms. The molecule has 2 aliphatic heterocycles. The van der Waals surface area contributed by atoms with Crippen LogP contribution in [0.2, 0.25) is 0 Å². The summed E-state index contributed by atoms with van der Waals surface area (Å²) >= 11 is 0. The van der Waals surface area contributed by atoms with Gasteiger partial charge in [0.1, 0.15) is 30.5 Å². The van der Waals surface area contributed by atoms with Gasteiger partial charge in [0.2, 0.25) is 11.8 Å². The minimum absolute atomic E-state index is 0.137. The Morgan fingerprint density at radius 3 is 2.47 bits per heavy atom. The first-order valence-electron chi connectivity index (χ1n) is 16.4. The largest absolute Gasteiger partial charge is 0.492 e. The van der Waals surface area contributed by atoms with Crippen molar-refractivity contribution in [2.24, 2.45) is 0 Å². The molecule has 15 heteroatoms. The van der Waals surface area contributed by atoms with Crippen LogP contribution >= 0.6 is 0 Å². The minimum Gasteiger partial charge on any atom is -0.492 e. The van der Waals surface area contributed by atoms with Gasteiger partial charge in [-0.1, -0.05) is 12.1 Å². The van der Waals surface area contributed by atoms with Crippen LogP contribution in [-0.2, 0) is 31.0 Å². The number of aromatic nitrogens is 4. The average Bonchev–Trinajstić information content (AvgIpc) is 3.84. The average molecular weight is 671 g/mol. The van der Waals surface area contributed by atoms with Gasteiger partial charge in [0, 0.05) is 24.2 Å². The van der Waals surface area contributed by atoms with Crippen LogP contribution in [0.1, 0.15) is 55.5 Å². The number of carbonyl (C=O) groups is 4. The Kier molecular flexibility index (Phi) is 8.57. The normalized spacial score (nSPS) is 17.5. The number of fused-ring (bicyclic) bond motifs is 4. The van der Waals surface area contributed by atoms with E-state index in [1.165, 1.54) is 14.2 Å². The van der Waals surface area contributed by atoms with Gasteiger partial charge in [0.25, 0.3) is 0 Å². The number of H-pyrrole nitrogens is 2. The smallest absolute Gasteiger partial charge is 0.407 e. The topological polar surface area (TPSA) is 193 Å². The molecule has 2 aromatic heterocycles. The Morgan fingerprint density at radius 1 is 0.959 bits per heavy atom. The van der Waals surface area contributed by atoms with Gasteiger partial charge in [-0.15, -0.1) is 0 Å².